The summed E-state index contributed by atoms with van der Waals surface area (Å²) in [4.78, 5) is 24.0. The first-order valence-corrected chi connectivity index (χ1v) is 7.07. The van der Waals surface area contributed by atoms with Gasteiger partial charge in [0.05, 0.1) is 11.4 Å². The molecular weight excluding hydrogens is 257 g/mol. The van der Waals surface area contributed by atoms with Gasteiger partial charge < -0.3 is 4.90 Å². The minimum absolute atomic E-state index is 0.144. The lowest BCUT2D eigenvalue weighted by atomic mass is 10.1. The first kappa shape index (κ1) is 14.5. The fourth-order valence-electron chi connectivity index (χ4n) is 1.54. The summed E-state index contributed by atoms with van der Waals surface area (Å²) >= 11 is 0. The summed E-state index contributed by atoms with van der Waals surface area (Å²) in [6, 6.07) is 3.59. The van der Waals surface area contributed by atoms with Crippen LogP contribution in [0.25, 0.3) is 0 Å². The third kappa shape index (κ3) is 3.46. The van der Waals surface area contributed by atoms with Gasteiger partial charge in [-0.05, 0) is 25.1 Å². The molecule has 1 atom stereocenters. The molecule has 18 heavy (non-hydrogen) atoms. The molecule has 0 aliphatic heterocycles. The number of ketones is 1. The van der Waals surface area contributed by atoms with Gasteiger partial charge in [0.1, 0.15) is 5.82 Å². The van der Waals surface area contributed by atoms with Crippen LogP contribution >= 0.6 is 0 Å². The molecule has 0 N–H and O–H groups in total. The summed E-state index contributed by atoms with van der Waals surface area (Å²) in [5.41, 5.74) is 0.420. The van der Waals surface area contributed by atoms with Crippen molar-refractivity contribution in [1.82, 2.24) is 0 Å². The molecule has 0 saturated heterocycles. The summed E-state index contributed by atoms with van der Waals surface area (Å²) in [7, 11) is -1.28. The molecule has 1 unspecified atom stereocenters. The van der Waals surface area contributed by atoms with Crippen LogP contribution in [0.2, 0.25) is 0 Å². The van der Waals surface area contributed by atoms with Crippen LogP contribution < -0.4 is 4.90 Å². The van der Waals surface area contributed by atoms with Crippen molar-refractivity contribution in [2.75, 3.05) is 23.5 Å². The third-order valence-electron chi connectivity index (χ3n) is 2.37. The minimum Gasteiger partial charge on any atom is -0.314 e. The first-order chi connectivity index (χ1) is 8.49. The molecule has 1 rings (SSSR count). The number of nitrogens with zero attached hydrogens (tertiary/aromatic N) is 1. The molecule has 0 spiro atoms. The topological polar surface area (TPSA) is 54.5 Å². The van der Waals surface area contributed by atoms with Gasteiger partial charge in [-0.3, -0.25) is 13.8 Å². The van der Waals surface area contributed by atoms with E-state index in [1.165, 1.54) is 17.2 Å². The standard InChI is InChI=1S/C12H14FNO3S/c1-3-14(8-15)11-6-9(13)4-5-10(11)12(16)7-18(2)17/h4-6,8H,3,7H2,1-2H3. The van der Waals surface area contributed by atoms with Crippen molar-refractivity contribution >= 4 is 28.7 Å². The highest BCUT2D eigenvalue weighted by Crippen LogP contribution is 2.21. The van der Waals surface area contributed by atoms with Crippen molar-refractivity contribution in [3.63, 3.8) is 0 Å². The van der Waals surface area contributed by atoms with E-state index >= 15 is 0 Å². The Balaban J connectivity index is 3.22. The number of anilines is 1. The Bertz CT molecular complexity index is 490. The van der Waals surface area contributed by atoms with Gasteiger partial charge in [-0.2, -0.15) is 0 Å². The highest BCUT2D eigenvalue weighted by atomic mass is 32.2. The maximum absolute atomic E-state index is 13.2. The minimum atomic E-state index is -1.28. The number of amides is 1. The van der Waals surface area contributed by atoms with Crippen LogP contribution in [0.5, 0.6) is 0 Å². The Morgan fingerprint density at radius 1 is 1.50 bits per heavy atom. The van der Waals surface area contributed by atoms with E-state index in [2.05, 4.69) is 0 Å². The maximum atomic E-state index is 13.2. The molecule has 0 heterocycles. The second-order valence-electron chi connectivity index (χ2n) is 3.69. The summed E-state index contributed by atoms with van der Waals surface area (Å²) < 4.78 is 24.2. The van der Waals surface area contributed by atoms with Crippen molar-refractivity contribution in [1.29, 1.82) is 0 Å². The number of benzene rings is 1. The van der Waals surface area contributed by atoms with Gasteiger partial charge in [0.2, 0.25) is 6.41 Å². The maximum Gasteiger partial charge on any atom is 0.214 e. The lowest BCUT2D eigenvalue weighted by molar-refractivity contribution is -0.107. The molecule has 0 fully saturated rings. The van der Waals surface area contributed by atoms with E-state index in [9.17, 15) is 18.2 Å². The number of hydrogen-bond donors (Lipinski definition) is 0. The highest BCUT2D eigenvalue weighted by Gasteiger charge is 2.17. The van der Waals surface area contributed by atoms with Crippen molar-refractivity contribution in [3.8, 4) is 0 Å². The van der Waals surface area contributed by atoms with Crippen LogP contribution in [0, 0.1) is 5.82 Å². The summed E-state index contributed by atoms with van der Waals surface area (Å²) in [5.74, 6) is -1.04. The van der Waals surface area contributed by atoms with Crippen LogP contribution in [0.15, 0.2) is 18.2 Å². The number of carbonyl (C=O) groups is 2. The Morgan fingerprint density at radius 2 is 2.17 bits per heavy atom. The molecule has 0 aliphatic carbocycles. The molecule has 0 bridgehead atoms. The van der Waals surface area contributed by atoms with E-state index in [4.69, 9.17) is 0 Å². The zero-order valence-electron chi connectivity index (χ0n) is 10.2. The van der Waals surface area contributed by atoms with Gasteiger partial charge in [0.25, 0.3) is 0 Å². The van der Waals surface area contributed by atoms with Gasteiger partial charge in [0.15, 0.2) is 5.78 Å². The lowest BCUT2D eigenvalue weighted by Gasteiger charge is -2.18. The Labute approximate surface area is 107 Å². The normalized spacial score (nSPS) is 11.9. The lowest BCUT2D eigenvalue weighted by Crippen LogP contribution is -2.24. The molecule has 1 amide bonds. The second-order valence-corrected chi connectivity index (χ2v) is 5.13. The Morgan fingerprint density at radius 3 is 2.67 bits per heavy atom. The molecule has 4 nitrogen and oxygen atoms in total. The van der Waals surface area contributed by atoms with Crippen LogP contribution in [0.4, 0.5) is 10.1 Å². The van der Waals surface area contributed by atoms with E-state index in [1.54, 1.807) is 6.92 Å². The van der Waals surface area contributed by atoms with E-state index in [0.717, 1.165) is 12.1 Å². The van der Waals surface area contributed by atoms with E-state index < -0.39 is 16.6 Å². The smallest absolute Gasteiger partial charge is 0.214 e. The molecule has 0 aliphatic rings. The summed E-state index contributed by atoms with van der Waals surface area (Å²) in [5, 5.41) is 0. The van der Waals surface area contributed by atoms with Crippen LogP contribution in [-0.2, 0) is 15.6 Å². The highest BCUT2D eigenvalue weighted by molar-refractivity contribution is 7.85. The molecular formula is C12H14FNO3S. The number of carbonyl (C=O) groups excluding carboxylic acids is 2. The molecule has 98 valence electrons. The van der Waals surface area contributed by atoms with Crippen molar-refractivity contribution in [2.45, 2.75) is 6.92 Å². The molecule has 1 aromatic carbocycles. The molecule has 6 heteroatoms. The quantitative estimate of drug-likeness (QED) is 0.580. The van der Waals surface area contributed by atoms with Crippen molar-refractivity contribution < 1.29 is 18.2 Å². The van der Waals surface area contributed by atoms with Crippen LogP contribution in [-0.4, -0.2) is 35.0 Å². The van der Waals surface area contributed by atoms with Gasteiger partial charge >= 0.3 is 0 Å². The fraction of sp³-hybridized carbons (Fsp3) is 0.333. The predicted octanol–water partition coefficient (Wildman–Crippen LogP) is 1.37. The van der Waals surface area contributed by atoms with Crippen LogP contribution in [0.1, 0.15) is 17.3 Å². The average molecular weight is 271 g/mol. The van der Waals surface area contributed by atoms with Gasteiger partial charge in [-0.1, -0.05) is 0 Å². The average Bonchev–Trinajstić information content (AvgIpc) is 2.29. The van der Waals surface area contributed by atoms with Crippen molar-refractivity contribution in [3.05, 3.63) is 29.6 Å². The van der Waals surface area contributed by atoms with E-state index in [-0.39, 0.29) is 22.8 Å². The molecule has 0 aromatic heterocycles. The number of halogens is 1. The molecule has 0 saturated carbocycles. The van der Waals surface area contributed by atoms with E-state index in [1.807, 2.05) is 0 Å². The second kappa shape index (κ2) is 6.39. The first-order valence-electron chi connectivity index (χ1n) is 5.34. The predicted molar refractivity (Wildman–Crippen MR) is 68.7 cm³/mol. The number of rotatable bonds is 6. The summed E-state index contributed by atoms with van der Waals surface area (Å²) in [6.07, 6.45) is 1.95. The third-order valence-corrected chi connectivity index (χ3v) is 3.04. The Hall–Kier alpha value is -1.56. The molecule has 1 aromatic rings. The Kier molecular flexibility index (Phi) is 5.15. The summed E-state index contributed by atoms with van der Waals surface area (Å²) in [6.45, 7) is 2.04. The molecule has 0 radical (unpaired) electrons. The number of hydrogen-bond acceptors (Lipinski definition) is 3. The van der Waals surface area contributed by atoms with Gasteiger partial charge in [0, 0.05) is 29.2 Å². The van der Waals surface area contributed by atoms with Crippen molar-refractivity contribution in [2.24, 2.45) is 0 Å². The number of Topliss-reactive ketones (excluding diaryl/α,β-unsaturated/α-hetero) is 1. The zero-order valence-corrected chi connectivity index (χ0v) is 11.0. The van der Waals surface area contributed by atoms with Gasteiger partial charge in [-0.25, -0.2) is 4.39 Å². The largest absolute Gasteiger partial charge is 0.314 e. The van der Waals surface area contributed by atoms with Crippen LogP contribution in [0.3, 0.4) is 0 Å². The fourth-order valence-corrected chi connectivity index (χ4v) is 2.07. The zero-order chi connectivity index (χ0) is 13.7. The SMILES string of the molecule is CCN(C=O)c1cc(F)ccc1C(=O)CS(C)=O. The van der Waals surface area contributed by atoms with Gasteiger partial charge in [-0.15, -0.1) is 0 Å². The monoisotopic (exact) mass is 271 g/mol. The van der Waals surface area contributed by atoms with E-state index in [0.29, 0.717) is 13.0 Å².